The van der Waals surface area contributed by atoms with Crippen molar-refractivity contribution in [2.24, 2.45) is 22.7 Å². The van der Waals surface area contributed by atoms with Crippen LogP contribution in [0, 0.1) is 36.5 Å². The fourth-order valence-corrected chi connectivity index (χ4v) is 9.93. The van der Waals surface area contributed by atoms with Crippen LogP contribution in [0.1, 0.15) is 237 Å². The first kappa shape index (κ1) is 55.5. The van der Waals surface area contributed by atoms with Crippen LogP contribution in [0.2, 0.25) is 0 Å². The van der Waals surface area contributed by atoms with Crippen LogP contribution < -0.4 is 0 Å². The molecular weight excluding hydrogens is 739 g/mol. The van der Waals surface area contributed by atoms with Crippen LogP contribution in [0.4, 0.5) is 0 Å². The molecule has 0 aromatic heterocycles. The standard InChI is InChI=1S/C22H37N.C20H35N.C16H33N/c1-14-16-12-23(22(9,10)11)13-17(16)15(2)19(21(6,7)8)18(14)20(3,4)5;1-18(2,3)16-12-11-15(13-17(16)19(4,5)6)14-21(10)20(7,8)9;1-14(2,3)12-10-17(16(7,8)9)11-13(12)15(4,5)6/h12-13H2,1-11H3;11-13H,14H2,1-10H3;12-13H,10-11H2,1-9H3. The van der Waals surface area contributed by atoms with Crippen molar-refractivity contribution in [2.45, 2.75) is 259 Å². The normalized spacial score (nSPS) is 19.1. The van der Waals surface area contributed by atoms with Gasteiger partial charge in [-0.3, -0.25) is 14.7 Å². The lowest BCUT2D eigenvalue weighted by Crippen LogP contribution is -2.40. The molecule has 1 fully saturated rings. The molecule has 3 heteroatoms. The minimum atomic E-state index is 0.179. The Morgan fingerprint density at radius 1 is 0.475 bits per heavy atom. The van der Waals surface area contributed by atoms with E-state index in [0.717, 1.165) is 31.5 Å². The van der Waals surface area contributed by atoms with E-state index in [2.05, 4.69) is 241 Å². The molecule has 1 saturated heterocycles. The first-order valence-electron chi connectivity index (χ1n) is 24.2. The molecule has 0 amide bonds. The summed E-state index contributed by atoms with van der Waals surface area (Å²) in [7, 11) is 2.20. The number of benzene rings is 2. The van der Waals surface area contributed by atoms with Gasteiger partial charge in [-0.05, 0) is 178 Å². The van der Waals surface area contributed by atoms with E-state index >= 15 is 0 Å². The molecule has 0 radical (unpaired) electrons. The molecule has 2 unspecified atom stereocenters. The van der Waals surface area contributed by atoms with Crippen molar-refractivity contribution >= 4 is 0 Å². The largest absolute Gasteiger partial charge is 0.298 e. The fraction of sp³-hybridized carbons (Fsp3) is 0.793. The highest BCUT2D eigenvalue weighted by molar-refractivity contribution is 5.57. The van der Waals surface area contributed by atoms with E-state index in [0.29, 0.717) is 16.4 Å². The quantitative estimate of drug-likeness (QED) is 0.298. The van der Waals surface area contributed by atoms with Gasteiger partial charge in [0.15, 0.2) is 0 Å². The second-order valence-electron chi connectivity index (χ2n) is 28.9. The van der Waals surface area contributed by atoms with Gasteiger partial charge < -0.3 is 0 Å². The fourth-order valence-electron chi connectivity index (χ4n) is 9.93. The molecule has 0 aliphatic carbocycles. The topological polar surface area (TPSA) is 9.72 Å². The van der Waals surface area contributed by atoms with Gasteiger partial charge >= 0.3 is 0 Å². The highest BCUT2D eigenvalue weighted by Crippen LogP contribution is 2.48. The molecule has 2 atom stereocenters. The molecule has 0 saturated carbocycles. The van der Waals surface area contributed by atoms with Gasteiger partial charge in [0.2, 0.25) is 0 Å². The molecule has 61 heavy (non-hydrogen) atoms. The molecular formula is C58H105N3. The van der Waals surface area contributed by atoms with Crippen molar-refractivity contribution in [3.63, 3.8) is 0 Å². The number of likely N-dealkylation sites (tertiary alicyclic amines) is 1. The summed E-state index contributed by atoms with van der Waals surface area (Å²) in [6.07, 6.45) is 0. The van der Waals surface area contributed by atoms with Crippen LogP contribution >= 0.6 is 0 Å². The van der Waals surface area contributed by atoms with Crippen molar-refractivity contribution in [3.8, 4) is 0 Å². The van der Waals surface area contributed by atoms with Gasteiger partial charge in [0.05, 0.1) is 0 Å². The lowest BCUT2D eigenvalue weighted by molar-refractivity contribution is 0.115. The minimum absolute atomic E-state index is 0.179. The number of nitrogens with zero attached hydrogens (tertiary/aromatic N) is 3. The van der Waals surface area contributed by atoms with E-state index in [-0.39, 0.29) is 32.7 Å². The number of hydrogen-bond acceptors (Lipinski definition) is 3. The summed E-state index contributed by atoms with van der Waals surface area (Å²) in [6, 6.07) is 7.06. The average Bonchev–Trinajstić information content (AvgIpc) is 3.68. The molecule has 0 spiro atoms. The van der Waals surface area contributed by atoms with Crippen LogP contribution in [-0.2, 0) is 41.3 Å². The number of hydrogen-bond donors (Lipinski definition) is 0. The molecule has 0 bridgehead atoms. The minimum Gasteiger partial charge on any atom is -0.298 e. The highest BCUT2D eigenvalue weighted by atomic mass is 15.2. The molecule has 2 aliphatic heterocycles. The van der Waals surface area contributed by atoms with Crippen LogP contribution in [0.5, 0.6) is 0 Å². The maximum Gasteiger partial charge on any atom is 0.0248 e. The first-order valence-corrected chi connectivity index (χ1v) is 24.2. The van der Waals surface area contributed by atoms with Gasteiger partial charge in [-0.15, -0.1) is 0 Å². The zero-order chi connectivity index (χ0) is 48.2. The molecule has 2 aromatic carbocycles. The molecule has 2 heterocycles. The Morgan fingerprint density at radius 3 is 1.08 bits per heavy atom. The van der Waals surface area contributed by atoms with Crippen LogP contribution in [0.3, 0.4) is 0 Å². The second kappa shape index (κ2) is 18.3. The van der Waals surface area contributed by atoms with E-state index in [1.54, 1.807) is 22.3 Å². The molecule has 4 rings (SSSR count). The molecule has 352 valence electrons. The van der Waals surface area contributed by atoms with Gasteiger partial charge in [0.25, 0.3) is 0 Å². The molecule has 2 aliphatic rings. The SMILES string of the molecule is CC(C)(C)C1CN(C(C)(C)C)CC1C(C)(C)C.CN(Cc1ccc(C(C)(C)C)c(C(C)(C)C)c1)C(C)(C)C.Cc1c2c(c(C)c(C(C)(C)C)c1C(C)(C)C)CN(C(C)(C)C)C2. The van der Waals surface area contributed by atoms with Gasteiger partial charge in [0.1, 0.15) is 0 Å². The Kier molecular flexibility index (Phi) is 16.6. The van der Waals surface area contributed by atoms with Crippen molar-refractivity contribution < 1.29 is 0 Å². The maximum atomic E-state index is 2.68. The third kappa shape index (κ3) is 14.4. The zero-order valence-corrected chi connectivity index (χ0v) is 46.8. The second-order valence-corrected chi connectivity index (χ2v) is 28.9. The summed E-state index contributed by atoms with van der Waals surface area (Å²) >= 11 is 0. The van der Waals surface area contributed by atoms with Crippen molar-refractivity contribution in [1.29, 1.82) is 0 Å². The van der Waals surface area contributed by atoms with Crippen LogP contribution in [-0.4, -0.2) is 51.5 Å². The third-order valence-corrected chi connectivity index (χ3v) is 14.2. The zero-order valence-electron chi connectivity index (χ0n) is 46.8. The maximum absolute atomic E-state index is 2.68. The molecule has 2 aromatic rings. The summed E-state index contributed by atoms with van der Waals surface area (Å²) in [4.78, 5) is 7.71. The summed E-state index contributed by atoms with van der Waals surface area (Å²) in [5.41, 5.74) is 16.1. The highest BCUT2D eigenvalue weighted by Gasteiger charge is 2.47. The Bertz CT molecular complexity index is 1690. The van der Waals surface area contributed by atoms with E-state index in [9.17, 15) is 0 Å². The molecule has 3 nitrogen and oxygen atoms in total. The number of fused-ring (bicyclic) bond motifs is 1. The van der Waals surface area contributed by atoms with E-state index < -0.39 is 0 Å². The Hall–Kier alpha value is -1.68. The summed E-state index contributed by atoms with van der Waals surface area (Å²) in [5.74, 6) is 1.61. The summed E-state index contributed by atoms with van der Waals surface area (Å²) in [5, 5.41) is 0. The van der Waals surface area contributed by atoms with Crippen molar-refractivity contribution in [3.05, 3.63) is 68.3 Å². The van der Waals surface area contributed by atoms with Gasteiger partial charge in [-0.25, -0.2) is 0 Å². The Morgan fingerprint density at radius 2 is 0.820 bits per heavy atom. The van der Waals surface area contributed by atoms with Crippen molar-refractivity contribution in [1.82, 2.24) is 14.7 Å². The summed E-state index contributed by atoms with van der Waals surface area (Å²) in [6.45, 7) is 73.8. The van der Waals surface area contributed by atoms with Crippen LogP contribution in [0.25, 0.3) is 0 Å². The Labute approximate surface area is 383 Å². The lowest BCUT2D eigenvalue weighted by atomic mass is 9.66. The van der Waals surface area contributed by atoms with Gasteiger partial charge in [-0.1, -0.05) is 143 Å². The summed E-state index contributed by atoms with van der Waals surface area (Å²) < 4.78 is 0. The lowest BCUT2D eigenvalue weighted by Gasteiger charge is -2.38. The Balaban J connectivity index is 0.000000319. The van der Waals surface area contributed by atoms with Gasteiger partial charge in [0, 0.05) is 49.3 Å². The predicted molar refractivity (Wildman–Crippen MR) is 275 cm³/mol. The van der Waals surface area contributed by atoms with Crippen molar-refractivity contribution in [2.75, 3.05) is 20.1 Å². The third-order valence-electron chi connectivity index (χ3n) is 14.2. The van der Waals surface area contributed by atoms with E-state index in [1.807, 2.05) is 0 Å². The first-order chi connectivity index (χ1) is 26.7. The van der Waals surface area contributed by atoms with Crippen LogP contribution in [0.15, 0.2) is 18.2 Å². The molecule has 0 N–H and O–H groups in total. The van der Waals surface area contributed by atoms with E-state index in [4.69, 9.17) is 0 Å². The van der Waals surface area contributed by atoms with E-state index in [1.165, 1.54) is 40.9 Å². The smallest absolute Gasteiger partial charge is 0.0248 e. The van der Waals surface area contributed by atoms with Gasteiger partial charge in [-0.2, -0.15) is 0 Å². The number of rotatable bonds is 2. The predicted octanol–water partition coefficient (Wildman–Crippen LogP) is 15.9. The monoisotopic (exact) mass is 844 g/mol. The average molecular weight is 844 g/mol.